The predicted octanol–water partition coefficient (Wildman–Crippen LogP) is 5.16. The number of aryl methyl sites for hydroxylation is 1. The molecule has 2 nitrogen and oxygen atoms in total. The lowest BCUT2D eigenvalue weighted by Crippen LogP contribution is -2.12. The van der Waals surface area contributed by atoms with Crippen LogP contribution in [0.2, 0.25) is 0 Å². The molecule has 0 aliphatic heterocycles. The van der Waals surface area contributed by atoms with Crippen LogP contribution < -0.4 is 5.73 Å². The second-order valence-corrected chi connectivity index (χ2v) is 6.86. The Kier molecular flexibility index (Phi) is 3.88. The number of nitrogens with two attached hydrogens (primary N) is 1. The van der Waals surface area contributed by atoms with Crippen LogP contribution in [0.5, 0.6) is 0 Å². The maximum Gasteiger partial charge on any atom is 0.137 e. The zero-order chi connectivity index (χ0) is 14.3. The van der Waals surface area contributed by atoms with Crippen molar-refractivity contribution in [3.8, 4) is 0 Å². The molecule has 3 aromatic rings. The van der Waals surface area contributed by atoms with Crippen LogP contribution in [0.15, 0.2) is 51.4 Å². The standard InChI is InChI=1S/C16H13BrINO/c1-9-3-2-4-10-7-14(20-16(9)10)15(19)12-8-11(17)5-6-13(12)18/h2-8,15H,19H2,1H3. The van der Waals surface area contributed by atoms with Gasteiger partial charge in [0.2, 0.25) is 0 Å². The molecule has 0 aliphatic carbocycles. The summed E-state index contributed by atoms with van der Waals surface area (Å²) >= 11 is 5.80. The normalized spacial score (nSPS) is 12.8. The molecular weight excluding hydrogens is 429 g/mol. The number of hydrogen-bond donors (Lipinski definition) is 1. The van der Waals surface area contributed by atoms with Gasteiger partial charge in [-0.15, -0.1) is 0 Å². The third-order valence-electron chi connectivity index (χ3n) is 3.36. The topological polar surface area (TPSA) is 39.2 Å². The van der Waals surface area contributed by atoms with Gasteiger partial charge >= 0.3 is 0 Å². The van der Waals surface area contributed by atoms with Crippen molar-refractivity contribution in [3.05, 3.63) is 67.4 Å². The first-order chi connectivity index (χ1) is 9.56. The van der Waals surface area contributed by atoms with E-state index < -0.39 is 0 Å². The minimum absolute atomic E-state index is 0.258. The first-order valence-electron chi connectivity index (χ1n) is 6.26. The monoisotopic (exact) mass is 441 g/mol. The Morgan fingerprint density at radius 1 is 1.20 bits per heavy atom. The molecule has 0 saturated heterocycles. The molecule has 0 radical (unpaired) electrons. The van der Waals surface area contributed by atoms with Gasteiger partial charge in [-0.1, -0.05) is 34.1 Å². The fourth-order valence-electron chi connectivity index (χ4n) is 2.29. The van der Waals surface area contributed by atoms with Gasteiger partial charge in [0, 0.05) is 13.4 Å². The van der Waals surface area contributed by atoms with E-state index in [1.165, 1.54) is 0 Å². The Labute approximate surface area is 139 Å². The van der Waals surface area contributed by atoms with E-state index in [1.54, 1.807) is 0 Å². The molecule has 0 aliphatic rings. The van der Waals surface area contributed by atoms with Crippen LogP contribution >= 0.6 is 38.5 Å². The third kappa shape index (κ3) is 2.52. The molecule has 1 atom stereocenters. The Hall–Kier alpha value is -0.850. The highest BCUT2D eigenvalue weighted by Crippen LogP contribution is 2.31. The zero-order valence-electron chi connectivity index (χ0n) is 10.9. The number of fused-ring (bicyclic) bond motifs is 1. The van der Waals surface area contributed by atoms with Crippen molar-refractivity contribution in [1.82, 2.24) is 0 Å². The smallest absolute Gasteiger partial charge is 0.137 e. The van der Waals surface area contributed by atoms with Gasteiger partial charge in [0.05, 0.1) is 6.04 Å². The fraction of sp³-hybridized carbons (Fsp3) is 0.125. The van der Waals surface area contributed by atoms with E-state index >= 15 is 0 Å². The van der Waals surface area contributed by atoms with Crippen molar-refractivity contribution in [1.29, 1.82) is 0 Å². The first-order valence-corrected chi connectivity index (χ1v) is 8.13. The molecule has 0 spiro atoms. The first kappa shape index (κ1) is 14.1. The van der Waals surface area contributed by atoms with Gasteiger partial charge in [0.25, 0.3) is 0 Å². The van der Waals surface area contributed by atoms with Crippen molar-refractivity contribution >= 4 is 49.5 Å². The Balaban J connectivity index is 2.10. The van der Waals surface area contributed by atoms with Crippen LogP contribution in [0.1, 0.15) is 22.9 Å². The Morgan fingerprint density at radius 3 is 2.75 bits per heavy atom. The number of hydrogen-bond acceptors (Lipinski definition) is 2. The molecule has 2 aromatic carbocycles. The Morgan fingerprint density at radius 2 is 2.00 bits per heavy atom. The van der Waals surface area contributed by atoms with Crippen molar-refractivity contribution in [3.63, 3.8) is 0 Å². The van der Waals surface area contributed by atoms with Crippen LogP contribution in [0, 0.1) is 10.5 Å². The molecule has 0 bridgehead atoms. The lowest BCUT2D eigenvalue weighted by molar-refractivity contribution is 0.523. The second-order valence-electron chi connectivity index (χ2n) is 4.79. The summed E-state index contributed by atoms with van der Waals surface area (Å²) in [6, 6.07) is 14.0. The van der Waals surface area contributed by atoms with Gasteiger partial charge < -0.3 is 10.2 Å². The van der Waals surface area contributed by atoms with Crippen LogP contribution in [0.4, 0.5) is 0 Å². The molecule has 1 unspecified atom stereocenters. The van der Waals surface area contributed by atoms with Crippen LogP contribution in [-0.4, -0.2) is 0 Å². The van der Waals surface area contributed by atoms with Gasteiger partial charge in [-0.05, 0) is 64.9 Å². The van der Waals surface area contributed by atoms with Crippen molar-refractivity contribution in [2.24, 2.45) is 5.73 Å². The number of halogens is 2. The predicted molar refractivity (Wildman–Crippen MR) is 93.8 cm³/mol. The summed E-state index contributed by atoms with van der Waals surface area (Å²) in [5.74, 6) is 0.797. The molecule has 0 saturated carbocycles. The lowest BCUT2D eigenvalue weighted by Gasteiger charge is -2.11. The van der Waals surface area contributed by atoms with Crippen molar-refractivity contribution in [2.45, 2.75) is 13.0 Å². The summed E-state index contributed by atoms with van der Waals surface area (Å²) < 4.78 is 8.12. The summed E-state index contributed by atoms with van der Waals surface area (Å²) in [5.41, 5.74) is 9.50. The molecule has 0 amide bonds. The van der Waals surface area contributed by atoms with E-state index in [1.807, 2.05) is 49.4 Å². The summed E-state index contributed by atoms with van der Waals surface area (Å²) in [6.45, 7) is 2.05. The van der Waals surface area contributed by atoms with Gasteiger partial charge in [0.15, 0.2) is 0 Å². The van der Waals surface area contributed by atoms with Crippen molar-refractivity contribution in [2.75, 3.05) is 0 Å². The van der Waals surface area contributed by atoms with Crippen LogP contribution in [0.3, 0.4) is 0 Å². The van der Waals surface area contributed by atoms with E-state index in [0.29, 0.717) is 0 Å². The van der Waals surface area contributed by atoms with Gasteiger partial charge in [-0.3, -0.25) is 0 Å². The molecule has 102 valence electrons. The number of furan rings is 1. The van der Waals surface area contributed by atoms with Crippen molar-refractivity contribution < 1.29 is 4.42 Å². The van der Waals surface area contributed by atoms with E-state index in [9.17, 15) is 0 Å². The van der Waals surface area contributed by atoms with Gasteiger partial charge in [0.1, 0.15) is 11.3 Å². The maximum atomic E-state index is 6.38. The highest BCUT2D eigenvalue weighted by Gasteiger charge is 2.17. The SMILES string of the molecule is Cc1cccc2cc(C(N)c3cc(Br)ccc3I)oc12. The van der Waals surface area contributed by atoms with E-state index in [0.717, 1.165) is 35.9 Å². The largest absolute Gasteiger partial charge is 0.459 e. The quantitative estimate of drug-likeness (QED) is 0.558. The average molecular weight is 442 g/mol. The maximum absolute atomic E-state index is 6.38. The van der Waals surface area contributed by atoms with E-state index in [-0.39, 0.29) is 6.04 Å². The summed E-state index contributed by atoms with van der Waals surface area (Å²) in [4.78, 5) is 0. The highest BCUT2D eigenvalue weighted by molar-refractivity contribution is 14.1. The zero-order valence-corrected chi connectivity index (χ0v) is 14.6. The molecule has 20 heavy (non-hydrogen) atoms. The van der Waals surface area contributed by atoms with Gasteiger partial charge in [-0.25, -0.2) is 0 Å². The number of rotatable bonds is 2. The summed E-state index contributed by atoms with van der Waals surface area (Å²) in [6.07, 6.45) is 0. The average Bonchev–Trinajstić information content (AvgIpc) is 2.86. The molecule has 3 rings (SSSR count). The van der Waals surface area contributed by atoms with E-state index in [2.05, 4.69) is 38.5 Å². The minimum Gasteiger partial charge on any atom is -0.459 e. The molecule has 4 heteroatoms. The number of para-hydroxylation sites is 1. The molecule has 0 fully saturated rings. The number of benzene rings is 2. The summed E-state index contributed by atoms with van der Waals surface area (Å²) in [5, 5.41) is 1.10. The summed E-state index contributed by atoms with van der Waals surface area (Å²) in [7, 11) is 0. The minimum atomic E-state index is -0.258. The highest BCUT2D eigenvalue weighted by atomic mass is 127. The van der Waals surface area contributed by atoms with Gasteiger partial charge in [-0.2, -0.15) is 0 Å². The van der Waals surface area contributed by atoms with Crippen LogP contribution in [-0.2, 0) is 0 Å². The second kappa shape index (κ2) is 5.50. The Bertz CT molecular complexity index is 781. The third-order valence-corrected chi connectivity index (χ3v) is 4.84. The molecule has 1 aromatic heterocycles. The molecular formula is C16H13BrINO. The molecule has 2 N–H and O–H groups in total. The van der Waals surface area contributed by atoms with Crippen LogP contribution in [0.25, 0.3) is 11.0 Å². The molecule has 1 heterocycles. The van der Waals surface area contributed by atoms with E-state index in [4.69, 9.17) is 10.2 Å². The fourth-order valence-corrected chi connectivity index (χ4v) is 3.34. The lowest BCUT2D eigenvalue weighted by atomic mass is 10.1.